The summed E-state index contributed by atoms with van der Waals surface area (Å²) < 4.78 is 19.4. The topological polar surface area (TPSA) is 72.5 Å². The molecule has 1 unspecified atom stereocenters. The number of alkyl halides is 1. The fraction of sp³-hybridized carbons (Fsp3) is 0.323. The third kappa shape index (κ3) is 6.31. The summed E-state index contributed by atoms with van der Waals surface area (Å²) in [5, 5.41) is 2.76. The highest BCUT2D eigenvalue weighted by atomic mass is 19.1. The van der Waals surface area contributed by atoms with Crippen molar-refractivity contribution in [1.82, 2.24) is 5.32 Å². The Hall–Kier alpha value is -3.80. The Labute approximate surface area is 217 Å². The number of Topliss-reactive ketones (excluding diaryl/α,β-unsaturated/α-hetero) is 2. The van der Waals surface area contributed by atoms with Gasteiger partial charge < -0.3 is 10.1 Å². The van der Waals surface area contributed by atoms with E-state index in [0.717, 1.165) is 16.7 Å². The van der Waals surface area contributed by atoms with Crippen LogP contribution < -0.4 is 10.1 Å². The maximum Gasteiger partial charge on any atom is 0.224 e. The summed E-state index contributed by atoms with van der Waals surface area (Å²) in [7, 11) is 0. The summed E-state index contributed by atoms with van der Waals surface area (Å²) in [4.78, 5) is 39.6. The average Bonchev–Trinajstić information content (AvgIpc) is 2.90. The molecular formula is C31H32FNO4. The van der Waals surface area contributed by atoms with Crippen molar-refractivity contribution >= 4 is 17.5 Å². The summed E-state index contributed by atoms with van der Waals surface area (Å²) in [6, 6.07) is 23.1. The molecule has 37 heavy (non-hydrogen) atoms. The number of benzene rings is 3. The van der Waals surface area contributed by atoms with Gasteiger partial charge in [-0.05, 0) is 36.5 Å². The van der Waals surface area contributed by atoms with Crippen LogP contribution in [0.15, 0.2) is 78.9 Å². The van der Waals surface area contributed by atoms with E-state index in [1.165, 1.54) is 0 Å². The third-order valence-electron chi connectivity index (χ3n) is 6.70. The summed E-state index contributed by atoms with van der Waals surface area (Å²) >= 11 is 0. The number of carbonyl (C=O) groups is 3. The van der Waals surface area contributed by atoms with Crippen molar-refractivity contribution in [3.63, 3.8) is 0 Å². The standard InChI is InChI=1S/C31H32FNO4/c1-20(2)16-22(31(36)33-25(27(35)19-32)17-21-10-4-3-5-11-21)18-26(34)30-23-12-6-8-14-28(23)37-29-15-9-7-13-24(29)30/h3-15,20,22,25,30H,16-19H2,1-2H3,(H,33,36)/t22-,25?/m1/s1. The minimum atomic E-state index is -1.17. The van der Waals surface area contributed by atoms with Crippen molar-refractivity contribution < 1.29 is 23.5 Å². The smallest absolute Gasteiger partial charge is 0.224 e. The zero-order valence-electron chi connectivity index (χ0n) is 21.2. The zero-order valence-corrected chi connectivity index (χ0v) is 21.2. The van der Waals surface area contributed by atoms with Crippen molar-refractivity contribution in [3.8, 4) is 11.5 Å². The lowest BCUT2D eigenvalue weighted by Gasteiger charge is -2.29. The molecule has 192 valence electrons. The van der Waals surface area contributed by atoms with Crippen molar-refractivity contribution in [2.24, 2.45) is 11.8 Å². The van der Waals surface area contributed by atoms with Gasteiger partial charge in [-0.3, -0.25) is 14.4 Å². The van der Waals surface area contributed by atoms with Gasteiger partial charge in [-0.2, -0.15) is 0 Å². The molecule has 1 amide bonds. The number of fused-ring (bicyclic) bond motifs is 2. The van der Waals surface area contributed by atoms with Crippen LogP contribution in [0, 0.1) is 11.8 Å². The van der Waals surface area contributed by atoms with E-state index >= 15 is 0 Å². The number of para-hydroxylation sites is 2. The van der Waals surface area contributed by atoms with Gasteiger partial charge in [0.25, 0.3) is 0 Å². The largest absolute Gasteiger partial charge is 0.457 e. The summed E-state index contributed by atoms with van der Waals surface area (Å²) in [6.07, 6.45) is 0.656. The molecule has 0 saturated heterocycles. The molecule has 0 radical (unpaired) electrons. The second kappa shape index (κ2) is 12.0. The molecule has 1 aliphatic rings. The summed E-state index contributed by atoms with van der Waals surface area (Å²) in [5.41, 5.74) is 2.36. The highest BCUT2D eigenvalue weighted by molar-refractivity contribution is 5.96. The number of ether oxygens (including phenoxy) is 1. The Kier molecular flexibility index (Phi) is 8.49. The number of amides is 1. The molecule has 0 spiro atoms. The monoisotopic (exact) mass is 501 g/mol. The molecule has 3 aromatic carbocycles. The minimum Gasteiger partial charge on any atom is -0.457 e. The van der Waals surface area contributed by atoms with Crippen LogP contribution in [0.2, 0.25) is 0 Å². The lowest BCUT2D eigenvalue weighted by molar-refractivity contribution is -0.133. The molecule has 5 nitrogen and oxygen atoms in total. The van der Waals surface area contributed by atoms with E-state index in [1.807, 2.05) is 92.7 Å². The molecule has 2 atom stereocenters. The van der Waals surface area contributed by atoms with Gasteiger partial charge in [-0.15, -0.1) is 0 Å². The molecule has 3 aromatic rings. The molecule has 4 rings (SSSR count). The van der Waals surface area contributed by atoms with E-state index in [-0.39, 0.29) is 24.5 Å². The number of ketones is 2. The van der Waals surface area contributed by atoms with E-state index in [9.17, 15) is 18.8 Å². The second-order valence-corrected chi connectivity index (χ2v) is 9.96. The van der Waals surface area contributed by atoms with Crippen LogP contribution in [0.1, 0.15) is 49.3 Å². The lowest BCUT2D eigenvalue weighted by Crippen LogP contribution is -2.46. The Bertz CT molecular complexity index is 1210. The molecule has 0 aromatic heterocycles. The Balaban J connectivity index is 1.57. The SMILES string of the molecule is CC(C)C[C@H](CC(=O)C1c2ccccc2Oc2ccccc21)C(=O)NC(Cc1ccccc1)C(=O)CF. The Morgan fingerprint density at radius 3 is 2.00 bits per heavy atom. The van der Waals surface area contributed by atoms with E-state index < -0.39 is 36.2 Å². The molecule has 1 aliphatic heterocycles. The van der Waals surface area contributed by atoms with Gasteiger partial charge >= 0.3 is 0 Å². The number of rotatable bonds is 11. The zero-order chi connectivity index (χ0) is 26.4. The molecule has 0 fully saturated rings. The first-order valence-electron chi connectivity index (χ1n) is 12.7. The van der Waals surface area contributed by atoms with Crippen LogP contribution >= 0.6 is 0 Å². The van der Waals surface area contributed by atoms with Crippen LogP contribution in [0.4, 0.5) is 4.39 Å². The maximum atomic E-state index is 13.8. The number of carbonyl (C=O) groups excluding carboxylic acids is 3. The predicted octanol–water partition coefficient (Wildman–Crippen LogP) is 5.81. The van der Waals surface area contributed by atoms with Crippen molar-refractivity contribution in [1.29, 1.82) is 0 Å². The molecule has 0 aliphatic carbocycles. The van der Waals surface area contributed by atoms with Crippen LogP contribution in [0.25, 0.3) is 0 Å². The second-order valence-electron chi connectivity index (χ2n) is 9.96. The highest BCUT2D eigenvalue weighted by Crippen LogP contribution is 2.45. The van der Waals surface area contributed by atoms with Gasteiger partial charge in [0.2, 0.25) is 5.91 Å². The molecular weight excluding hydrogens is 469 g/mol. The highest BCUT2D eigenvalue weighted by Gasteiger charge is 2.35. The van der Waals surface area contributed by atoms with Crippen LogP contribution in [-0.4, -0.2) is 30.2 Å². The summed E-state index contributed by atoms with van der Waals surface area (Å²) in [5.74, 6) is -1.00. The molecule has 0 saturated carbocycles. The minimum absolute atomic E-state index is 0.000773. The quantitative estimate of drug-likeness (QED) is 0.360. The van der Waals surface area contributed by atoms with E-state index in [1.54, 1.807) is 0 Å². The van der Waals surface area contributed by atoms with Crippen molar-refractivity contribution in [3.05, 3.63) is 95.6 Å². The fourth-order valence-corrected chi connectivity index (χ4v) is 4.95. The fourth-order valence-electron chi connectivity index (χ4n) is 4.95. The summed E-state index contributed by atoms with van der Waals surface area (Å²) in [6.45, 7) is 2.80. The number of hydrogen-bond acceptors (Lipinski definition) is 4. The molecule has 6 heteroatoms. The average molecular weight is 502 g/mol. The van der Waals surface area contributed by atoms with E-state index in [2.05, 4.69) is 5.32 Å². The Morgan fingerprint density at radius 1 is 0.865 bits per heavy atom. The van der Waals surface area contributed by atoms with Crippen LogP contribution in [0.5, 0.6) is 11.5 Å². The van der Waals surface area contributed by atoms with Gasteiger partial charge in [0, 0.05) is 23.5 Å². The van der Waals surface area contributed by atoms with Crippen LogP contribution in [0.3, 0.4) is 0 Å². The van der Waals surface area contributed by atoms with Gasteiger partial charge in [-0.25, -0.2) is 4.39 Å². The van der Waals surface area contributed by atoms with E-state index in [4.69, 9.17) is 4.74 Å². The first-order chi connectivity index (χ1) is 17.9. The van der Waals surface area contributed by atoms with Crippen molar-refractivity contribution in [2.45, 2.75) is 45.1 Å². The first-order valence-corrected chi connectivity index (χ1v) is 12.7. The lowest BCUT2D eigenvalue weighted by atomic mass is 9.80. The van der Waals surface area contributed by atoms with Gasteiger partial charge in [0.1, 0.15) is 24.0 Å². The van der Waals surface area contributed by atoms with Gasteiger partial charge in [0.05, 0.1) is 12.0 Å². The normalized spacial score (nSPS) is 14.2. The predicted molar refractivity (Wildman–Crippen MR) is 140 cm³/mol. The number of halogens is 1. The Morgan fingerprint density at radius 2 is 1.43 bits per heavy atom. The molecule has 1 N–H and O–H groups in total. The van der Waals surface area contributed by atoms with Crippen LogP contribution in [-0.2, 0) is 20.8 Å². The van der Waals surface area contributed by atoms with E-state index in [0.29, 0.717) is 17.9 Å². The first kappa shape index (κ1) is 26.3. The molecule has 0 bridgehead atoms. The maximum absolute atomic E-state index is 13.8. The molecule has 1 heterocycles. The third-order valence-corrected chi connectivity index (χ3v) is 6.70. The van der Waals surface area contributed by atoms with Gasteiger partial charge in [-0.1, -0.05) is 80.6 Å². The van der Waals surface area contributed by atoms with Gasteiger partial charge in [0.15, 0.2) is 5.78 Å². The number of nitrogens with one attached hydrogen (secondary N) is 1. The van der Waals surface area contributed by atoms with Crippen molar-refractivity contribution in [2.75, 3.05) is 6.67 Å². The number of hydrogen-bond donors (Lipinski definition) is 1.